The van der Waals surface area contributed by atoms with E-state index in [1.54, 1.807) is 0 Å². The summed E-state index contributed by atoms with van der Waals surface area (Å²) in [6.45, 7) is 11.4. The third-order valence-corrected chi connectivity index (χ3v) is 6.15. The highest BCUT2D eigenvalue weighted by molar-refractivity contribution is 5.61. The van der Waals surface area contributed by atoms with Gasteiger partial charge < -0.3 is 10.2 Å². The number of nitrogens with one attached hydrogen (secondary N) is 1. The first-order chi connectivity index (χ1) is 11.7. The standard InChI is InChI=1S/C22H34N2/c1-4-6-10-19(9-5-2)24-15-13-22(14-16-24)17-18(3)23-21-12-8-7-11-20(21)22/h7-8,11-12,19,23H,3-6,9-10,13-17H2,1-2H3. The molecule has 2 heterocycles. The Kier molecular flexibility index (Phi) is 5.65. The van der Waals surface area contributed by atoms with Gasteiger partial charge in [0.2, 0.25) is 0 Å². The van der Waals surface area contributed by atoms with Crippen LogP contribution in [-0.4, -0.2) is 24.0 Å². The highest BCUT2D eigenvalue weighted by atomic mass is 15.2. The molecule has 1 aromatic carbocycles. The lowest BCUT2D eigenvalue weighted by molar-refractivity contribution is 0.101. The molecule has 1 unspecified atom stereocenters. The maximum absolute atomic E-state index is 4.26. The van der Waals surface area contributed by atoms with Crippen LogP contribution in [-0.2, 0) is 5.41 Å². The highest BCUT2D eigenvalue weighted by Gasteiger charge is 2.41. The van der Waals surface area contributed by atoms with Crippen molar-refractivity contribution in [2.45, 2.75) is 76.7 Å². The third-order valence-electron chi connectivity index (χ3n) is 6.15. The Hall–Kier alpha value is -1.28. The first-order valence-electron chi connectivity index (χ1n) is 9.97. The lowest BCUT2D eigenvalue weighted by Gasteiger charge is -2.48. The maximum Gasteiger partial charge on any atom is 0.0420 e. The fourth-order valence-corrected chi connectivity index (χ4v) is 4.84. The van der Waals surface area contributed by atoms with Crippen molar-refractivity contribution < 1.29 is 0 Å². The summed E-state index contributed by atoms with van der Waals surface area (Å²) in [6.07, 6.45) is 10.4. The zero-order valence-electron chi connectivity index (χ0n) is 15.6. The summed E-state index contributed by atoms with van der Waals surface area (Å²) < 4.78 is 0. The van der Waals surface area contributed by atoms with Gasteiger partial charge in [0, 0.05) is 22.8 Å². The van der Waals surface area contributed by atoms with Crippen LogP contribution < -0.4 is 5.32 Å². The van der Waals surface area contributed by atoms with Crippen molar-refractivity contribution in [3.05, 3.63) is 42.1 Å². The molecule has 132 valence electrons. The lowest BCUT2D eigenvalue weighted by atomic mass is 9.67. The number of hydrogen-bond donors (Lipinski definition) is 1. The van der Waals surface area contributed by atoms with Crippen LogP contribution in [0, 0.1) is 0 Å². The molecule has 1 atom stereocenters. The number of rotatable bonds is 6. The van der Waals surface area contributed by atoms with Gasteiger partial charge in [0.05, 0.1) is 0 Å². The van der Waals surface area contributed by atoms with Crippen molar-refractivity contribution in [2.75, 3.05) is 18.4 Å². The molecule has 0 bridgehead atoms. The van der Waals surface area contributed by atoms with Gasteiger partial charge in [0.25, 0.3) is 0 Å². The fraction of sp³-hybridized carbons (Fsp3) is 0.636. The van der Waals surface area contributed by atoms with Gasteiger partial charge in [0.15, 0.2) is 0 Å². The minimum absolute atomic E-state index is 0.316. The van der Waals surface area contributed by atoms with E-state index in [2.05, 4.69) is 54.9 Å². The number of nitrogens with zero attached hydrogens (tertiary/aromatic N) is 1. The van der Waals surface area contributed by atoms with Crippen molar-refractivity contribution in [3.63, 3.8) is 0 Å². The quantitative estimate of drug-likeness (QED) is 0.720. The van der Waals surface area contributed by atoms with E-state index in [9.17, 15) is 0 Å². The van der Waals surface area contributed by atoms with Crippen molar-refractivity contribution in [2.24, 2.45) is 0 Å². The van der Waals surface area contributed by atoms with Gasteiger partial charge in [-0.05, 0) is 56.8 Å². The number of benzene rings is 1. The second kappa shape index (κ2) is 7.74. The van der Waals surface area contributed by atoms with Gasteiger partial charge in [-0.25, -0.2) is 0 Å². The number of hydrogen-bond acceptors (Lipinski definition) is 2. The van der Waals surface area contributed by atoms with E-state index in [0.29, 0.717) is 5.41 Å². The molecule has 0 aliphatic carbocycles. The van der Waals surface area contributed by atoms with Gasteiger partial charge in [-0.1, -0.05) is 57.9 Å². The van der Waals surface area contributed by atoms with Crippen LogP contribution in [0.2, 0.25) is 0 Å². The predicted octanol–water partition coefficient (Wildman–Crippen LogP) is 5.71. The van der Waals surface area contributed by atoms with Crippen molar-refractivity contribution in [1.82, 2.24) is 4.90 Å². The largest absolute Gasteiger partial charge is 0.359 e. The number of fused-ring (bicyclic) bond motifs is 2. The Labute approximate surface area is 148 Å². The molecular formula is C22H34N2. The van der Waals surface area contributed by atoms with Gasteiger partial charge in [-0.15, -0.1) is 0 Å². The summed E-state index contributed by atoms with van der Waals surface area (Å²) in [5.74, 6) is 0. The minimum Gasteiger partial charge on any atom is -0.359 e. The van der Waals surface area contributed by atoms with Gasteiger partial charge >= 0.3 is 0 Å². The summed E-state index contributed by atoms with van der Waals surface area (Å²) in [4.78, 5) is 2.79. The average molecular weight is 327 g/mol. The SMILES string of the molecule is C=C1CC2(CCN(C(CCC)CCCC)CC2)c2ccccc2N1. The molecule has 1 fully saturated rings. The molecule has 0 radical (unpaired) electrons. The minimum atomic E-state index is 0.316. The van der Waals surface area contributed by atoms with E-state index in [1.807, 2.05) is 0 Å². The first-order valence-corrected chi connectivity index (χ1v) is 9.97. The Morgan fingerprint density at radius 3 is 2.58 bits per heavy atom. The Balaban J connectivity index is 1.73. The summed E-state index contributed by atoms with van der Waals surface area (Å²) in [5, 5.41) is 3.51. The van der Waals surface area contributed by atoms with Crippen LogP contribution in [0.4, 0.5) is 5.69 Å². The topological polar surface area (TPSA) is 15.3 Å². The summed E-state index contributed by atoms with van der Waals surface area (Å²) in [5.41, 5.74) is 4.32. The summed E-state index contributed by atoms with van der Waals surface area (Å²) >= 11 is 0. The smallest absolute Gasteiger partial charge is 0.0420 e. The van der Waals surface area contributed by atoms with Crippen LogP contribution in [0.15, 0.2) is 36.5 Å². The number of likely N-dealkylation sites (tertiary alicyclic amines) is 1. The number of piperidine rings is 1. The average Bonchev–Trinajstić information content (AvgIpc) is 2.59. The molecular weight excluding hydrogens is 292 g/mol. The van der Waals surface area contributed by atoms with Gasteiger partial charge in [0.1, 0.15) is 0 Å². The number of allylic oxidation sites excluding steroid dienone is 1. The Morgan fingerprint density at radius 2 is 1.88 bits per heavy atom. The molecule has 2 aliphatic heterocycles. The highest BCUT2D eigenvalue weighted by Crippen LogP contribution is 2.47. The summed E-state index contributed by atoms with van der Waals surface area (Å²) in [6, 6.07) is 9.69. The first kappa shape index (κ1) is 17.5. The molecule has 1 N–H and O–H groups in total. The predicted molar refractivity (Wildman–Crippen MR) is 105 cm³/mol. The van der Waals surface area contributed by atoms with Crippen LogP contribution in [0.1, 0.15) is 70.8 Å². The molecule has 0 aromatic heterocycles. The molecule has 2 heteroatoms. The van der Waals surface area contributed by atoms with Crippen LogP contribution in [0.5, 0.6) is 0 Å². The van der Waals surface area contributed by atoms with Gasteiger partial charge in [-0.2, -0.15) is 0 Å². The maximum atomic E-state index is 4.26. The molecule has 0 amide bonds. The monoisotopic (exact) mass is 326 g/mol. The van der Waals surface area contributed by atoms with Gasteiger partial charge in [-0.3, -0.25) is 0 Å². The zero-order chi connectivity index (χ0) is 17.0. The van der Waals surface area contributed by atoms with E-state index >= 15 is 0 Å². The van der Waals surface area contributed by atoms with E-state index in [4.69, 9.17) is 0 Å². The molecule has 2 nitrogen and oxygen atoms in total. The van der Waals surface area contributed by atoms with Crippen LogP contribution in [0.25, 0.3) is 0 Å². The molecule has 2 aliphatic rings. The van der Waals surface area contributed by atoms with E-state index < -0.39 is 0 Å². The van der Waals surface area contributed by atoms with Crippen molar-refractivity contribution in [3.8, 4) is 0 Å². The fourth-order valence-electron chi connectivity index (χ4n) is 4.84. The molecule has 1 saturated heterocycles. The van der Waals surface area contributed by atoms with E-state index in [1.165, 1.54) is 75.0 Å². The van der Waals surface area contributed by atoms with Crippen molar-refractivity contribution in [1.29, 1.82) is 0 Å². The molecule has 0 saturated carbocycles. The Bertz CT molecular complexity index is 555. The molecule has 1 aromatic rings. The number of para-hydroxylation sites is 1. The van der Waals surface area contributed by atoms with E-state index in [0.717, 1.165) is 12.5 Å². The third kappa shape index (κ3) is 3.54. The second-order valence-electron chi connectivity index (χ2n) is 7.85. The molecule has 1 spiro atoms. The molecule has 24 heavy (non-hydrogen) atoms. The van der Waals surface area contributed by atoms with E-state index in [-0.39, 0.29) is 0 Å². The number of anilines is 1. The summed E-state index contributed by atoms with van der Waals surface area (Å²) in [7, 11) is 0. The normalized spacial score (nSPS) is 21.3. The van der Waals surface area contributed by atoms with Crippen molar-refractivity contribution >= 4 is 5.69 Å². The second-order valence-corrected chi connectivity index (χ2v) is 7.85. The lowest BCUT2D eigenvalue weighted by Crippen LogP contribution is -2.48. The van der Waals surface area contributed by atoms with Crippen LogP contribution in [0.3, 0.4) is 0 Å². The zero-order valence-corrected chi connectivity index (χ0v) is 15.6. The Morgan fingerprint density at radius 1 is 1.12 bits per heavy atom. The molecule has 3 rings (SSSR count). The number of unbranched alkanes of at least 4 members (excludes halogenated alkanes) is 1. The van der Waals surface area contributed by atoms with Crippen LogP contribution >= 0.6 is 0 Å².